The van der Waals surface area contributed by atoms with Crippen molar-refractivity contribution < 1.29 is 14.3 Å². The number of carbonyl (C=O) groups is 2. The molecule has 0 aromatic carbocycles. The van der Waals surface area contributed by atoms with Gasteiger partial charge in [-0.2, -0.15) is 0 Å². The summed E-state index contributed by atoms with van der Waals surface area (Å²) in [6.45, 7) is 6.11. The Balaban J connectivity index is 2.79. The Morgan fingerprint density at radius 2 is 2.22 bits per heavy atom. The van der Waals surface area contributed by atoms with Crippen LogP contribution in [0, 0.1) is 0 Å². The lowest BCUT2D eigenvalue weighted by Gasteiger charge is -2.38. The minimum Gasteiger partial charge on any atom is -0.465 e. The van der Waals surface area contributed by atoms with Crippen molar-refractivity contribution in [3.05, 3.63) is 0 Å². The molecule has 18 heavy (non-hydrogen) atoms. The molecule has 1 aliphatic rings. The maximum absolute atomic E-state index is 11.9. The molecular formula is C12H23N3O3. The van der Waals surface area contributed by atoms with E-state index < -0.39 is 0 Å². The van der Waals surface area contributed by atoms with Crippen LogP contribution in [-0.2, 0) is 14.3 Å². The third-order valence-electron chi connectivity index (χ3n) is 3.18. The highest BCUT2D eigenvalue weighted by Crippen LogP contribution is 2.13. The third-order valence-corrected chi connectivity index (χ3v) is 3.18. The predicted molar refractivity (Wildman–Crippen MR) is 68.1 cm³/mol. The van der Waals surface area contributed by atoms with Crippen LogP contribution in [0.2, 0.25) is 0 Å². The molecule has 0 aliphatic carbocycles. The van der Waals surface area contributed by atoms with Gasteiger partial charge in [-0.25, -0.2) is 0 Å². The second-order valence-electron chi connectivity index (χ2n) is 4.25. The number of nitrogens with one attached hydrogen (secondary N) is 2. The van der Waals surface area contributed by atoms with Crippen molar-refractivity contribution in [2.75, 3.05) is 33.3 Å². The van der Waals surface area contributed by atoms with E-state index in [1.807, 2.05) is 11.8 Å². The van der Waals surface area contributed by atoms with E-state index in [0.29, 0.717) is 26.1 Å². The summed E-state index contributed by atoms with van der Waals surface area (Å²) >= 11 is 0. The van der Waals surface area contributed by atoms with E-state index in [0.717, 1.165) is 6.54 Å². The van der Waals surface area contributed by atoms with Gasteiger partial charge in [0.05, 0.1) is 6.61 Å². The topological polar surface area (TPSA) is 70.7 Å². The van der Waals surface area contributed by atoms with Crippen LogP contribution in [0.25, 0.3) is 0 Å². The van der Waals surface area contributed by atoms with E-state index in [1.165, 1.54) is 0 Å². The van der Waals surface area contributed by atoms with Crippen molar-refractivity contribution in [3.63, 3.8) is 0 Å². The van der Waals surface area contributed by atoms with E-state index in [2.05, 4.69) is 10.6 Å². The van der Waals surface area contributed by atoms with Gasteiger partial charge in [0.1, 0.15) is 12.1 Å². The average molecular weight is 257 g/mol. The van der Waals surface area contributed by atoms with Crippen LogP contribution in [0.5, 0.6) is 0 Å². The molecule has 0 aromatic rings. The van der Waals surface area contributed by atoms with Gasteiger partial charge in [0, 0.05) is 26.7 Å². The van der Waals surface area contributed by atoms with Crippen LogP contribution in [0.3, 0.4) is 0 Å². The number of hydrogen-bond donors (Lipinski definition) is 2. The number of esters is 1. The fourth-order valence-corrected chi connectivity index (χ4v) is 2.28. The molecule has 0 spiro atoms. The Kier molecular flexibility index (Phi) is 6.07. The molecule has 1 amide bonds. The molecule has 2 unspecified atom stereocenters. The summed E-state index contributed by atoms with van der Waals surface area (Å²) < 4.78 is 5.08. The summed E-state index contributed by atoms with van der Waals surface area (Å²) in [5, 5.41) is 5.82. The number of rotatable bonds is 5. The molecule has 1 aliphatic heterocycles. The first kappa shape index (κ1) is 14.9. The van der Waals surface area contributed by atoms with Gasteiger partial charge in [0.15, 0.2) is 0 Å². The van der Waals surface area contributed by atoms with Gasteiger partial charge in [-0.15, -0.1) is 0 Å². The number of likely N-dealkylation sites (N-methyl/N-ethyl adjacent to an activating group) is 1. The van der Waals surface area contributed by atoms with Crippen LogP contribution in [0.15, 0.2) is 0 Å². The summed E-state index contributed by atoms with van der Waals surface area (Å²) in [5.74, 6) is -0.305. The summed E-state index contributed by atoms with van der Waals surface area (Å²) in [6, 6.07) is -0.646. The number of ether oxygens (including phenoxy) is 1. The highest BCUT2D eigenvalue weighted by atomic mass is 16.5. The first-order valence-electron chi connectivity index (χ1n) is 6.50. The number of amides is 1. The third kappa shape index (κ3) is 3.43. The number of carbonyl (C=O) groups excluding carboxylic acids is 2. The zero-order chi connectivity index (χ0) is 13.5. The Labute approximate surface area is 108 Å². The van der Waals surface area contributed by atoms with Crippen LogP contribution in [0.4, 0.5) is 0 Å². The summed E-state index contributed by atoms with van der Waals surface area (Å²) in [5.41, 5.74) is 0. The van der Waals surface area contributed by atoms with Crippen LogP contribution in [-0.4, -0.2) is 62.1 Å². The largest absolute Gasteiger partial charge is 0.465 e. The van der Waals surface area contributed by atoms with Gasteiger partial charge in [-0.05, 0) is 13.3 Å². The van der Waals surface area contributed by atoms with Crippen molar-refractivity contribution in [2.45, 2.75) is 32.4 Å². The second kappa shape index (κ2) is 7.33. The van der Waals surface area contributed by atoms with Crippen molar-refractivity contribution in [1.82, 2.24) is 15.5 Å². The van der Waals surface area contributed by atoms with Crippen molar-refractivity contribution in [2.24, 2.45) is 0 Å². The number of nitrogens with zero attached hydrogens (tertiary/aromatic N) is 1. The first-order valence-corrected chi connectivity index (χ1v) is 6.50. The molecule has 0 radical (unpaired) electrons. The molecule has 2 N–H and O–H groups in total. The minimum absolute atomic E-state index is 0.0649. The van der Waals surface area contributed by atoms with Crippen LogP contribution in [0.1, 0.15) is 20.3 Å². The van der Waals surface area contributed by atoms with E-state index in [-0.39, 0.29) is 24.0 Å². The number of hydrogen-bond acceptors (Lipinski definition) is 5. The van der Waals surface area contributed by atoms with E-state index in [9.17, 15) is 9.59 Å². The first-order chi connectivity index (χ1) is 8.65. The zero-order valence-electron chi connectivity index (χ0n) is 11.4. The van der Waals surface area contributed by atoms with Gasteiger partial charge in [-0.3, -0.25) is 14.5 Å². The lowest BCUT2D eigenvalue weighted by molar-refractivity contribution is -0.152. The minimum atomic E-state index is -0.339. The SMILES string of the molecule is CCOC(=O)C(CC)N1CCNCC1C(=O)NC. The molecule has 0 saturated carbocycles. The van der Waals surface area contributed by atoms with E-state index in [1.54, 1.807) is 14.0 Å². The lowest BCUT2D eigenvalue weighted by Crippen LogP contribution is -2.62. The lowest BCUT2D eigenvalue weighted by atomic mass is 10.1. The van der Waals surface area contributed by atoms with Crippen LogP contribution >= 0.6 is 0 Å². The maximum atomic E-state index is 11.9. The van der Waals surface area contributed by atoms with E-state index in [4.69, 9.17) is 4.74 Å². The molecule has 1 heterocycles. The van der Waals surface area contributed by atoms with Gasteiger partial charge in [-0.1, -0.05) is 6.92 Å². The summed E-state index contributed by atoms with van der Waals surface area (Å²) in [4.78, 5) is 25.7. The maximum Gasteiger partial charge on any atom is 0.323 e. The molecule has 2 atom stereocenters. The molecule has 0 aromatic heterocycles. The fraction of sp³-hybridized carbons (Fsp3) is 0.833. The Bertz CT molecular complexity index is 296. The summed E-state index contributed by atoms with van der Waals surface area (Å²) in [7, 11) is 1.61. The molecule has 1 rings (SSSR count). The Morgan fingerprint density at radius 1 is 1.50 bits per heavy atom. The second-order valence-corrected chi connectivity index (χ2v) is 4.25. The normalized spacial score (nSPS) is 22.3. The Hall–Kier alpha value is -1.14. The highest BCUT2D eigenvalue weighted by molar-refractivity contribution is 5.83. The summed E-state index contributed by atoms with van der Waals surface area (Å²) in [6.07, 6.45) is 0.645. The van der Waals surface area contributed by atoms with Gasteiger partial charge in [0.25, 0.3) is 0 Å². The predicted octanol–water partition coefficient (Wildman–Crippen LogP) is -0.652. The smallest absolute Gasteiger partial charge is 0.323 e. The van der Waals surface area contributed by atoms with Crippen molar-refractivity contribution in [1.29, 1.82) is 0 Å². The molecule has 6 nitrogen and oxygen atoms in total. The van der Waals surface area contributed by atoms with Crippen LogP contribution < -0.4 is 10.6 Å². The highest BCUT2D eigenvalue weighted by Gasteiger charge is 2.36. The fourth-order valence-electron chi connectivity index (χ4n) is 2.28. The monoisotopic (exact) mass is 257 g/mol. The van der Waals surface area contributed by atoms with E-state index >= 15 is 0 Å². The molecule has 6 heteroatoms. The molecule has 1 fully saturated rings. The number of piperazine rings is 1. The van der Waals surface area contributed by atoms with Crippen molar-refractivity contribution in [3.8, 4) is 0 Å². The standard InChI is InChI=1S/C12H23N3O3/c1-4-9(12(17)18-5-2)15-7-6-14-8-10(15)11(16)13-3/h9-10,14H,4-8H2,1-3H3,(H,13,16). The average Bonchev–Trinajstić information content (AvgIpc) is 2.39. The van der Waals surface area contributed by atoms with Gasteiger partial charge < -0.3 is 15.4 Å². The molecule has 104 valence electrons. The van der Waals surface area contributed by atoms with Crippen molar-refractivity contribution >= 4 is 11.9 Å². The molecule has 1 saturated heterocycles. The van der Waals surface area contributed by atoms with Gasteiger partial charge in [0.2, 0.25) is 5.91 Å². The Morgan fingerprint density at radius 3 is 2.78 bits per heavy atom. The quantitative estimate of drug-likeness (QED) is 0.640. The molecular weight excluding hydrogens is 234 g/mol. The van der Waals surface area contributed by atoms with Gasteiger partial charge >= 0.3 is 5.97 Å². The zero-order valence-corrected chi connectivity index (χ0v) is 11.4. The molecule has 0 bridgehead atoms.